The normalized spacial score (nSPS) is 17.1. The molecule has 1 saturated carbocycles. The molecule has 1 fully saturated rings. The summed E-state index contributed by atoms with van der Waals surface area (Å²) in [6.45, 7) is 3.67. The topological polar surface area (TPSA) is 84.2 Å². The molecule has 1 aromatic carbocycles. The summed E-state index contributed by atoms with van der Waals surface area (Å²) in [5, 5.41) is 3.16. The summed E-state index contributed by atoms with van der Waals surface area (Å²) in [6, 6.07) is 8.19. The van der Waals surface area contributed by atoms with Gasteiger partial charge in [-0.25, -0.2) is 13.1 Å². The van der Waals surface area contributed by atoms with E-state index in [-0.39, 0.29) is 11.3 Å². The molecule has 112 valence electrons. The van der Waals surface area contributed by atoms with Gasteiger partial charge in [0.25, 0.3) is 0 Å². The van der Waals surface area contributed by atoms with Crippen molar-refractivity contribution >= 4 is 10.0 Å². The fraction of sp³-hybridized carbons (Fsp3) is 0.571. The van der Waals surface area contributed by atoms with Gasteiger partial charge in [0.15, 0.2) is 0 Å². The number of hydrogen-bond donors (Lipinski definition) is 3. The Labute approximate surface area is 121 Å². The van der Waals surface area contributed by atoms with Crippen LogP contribution >= 0.6 is 0 Å². The van der Waals surface area contributed by atoms with E-state index < -0.39 is 10.0 Å². The van der Waals surface area contributed by atoms with E-state index in [1.807, 2.05) is 31.2 Å². The van der Waals surface area contributed by atoms with Crippen LogP contribution in [0.3, 0.4) is 0 Å². The molecule has 1 aromatic rings. The highest BCUT2D eigenvalue weighted by Gasteiger charge is 2.35. The zero-order chi connectivity index (χ0) is 14.6. The first-order chi connectivity index (χ1) is 9.51. The Bertz CT molecular complexity index is 524. The van der Waals surface area contributed by atoms with Crippen LogP contribution in [0.15, 0.2) is 24.3 Å². The minimum Gasteiger partial charge on any atom is -0.326 e. The molecule has 0 amide bonds. The minimum absolute atomic E-state index is 0.0951. The Morgan fingerprint density at radius 2 is 1.85 bits per heavy atom. The van der Waals surface area contributed by atoms with Crippen molar-refractivity contribution in [2.75, 3.05) is 6.54 Å². The highest BCUT2D eigenvalue weighted by atomic mass is 32.2. The van der Waals surface area contributed by atoms with Crippen LogP contribution in [-0.4, -0.2) is 26.3 Å². The fourth-order valence-corrected chi connectivity index (χ4v) is 3.37. The Kier molecular flexibility index (Phi) is 5.15. The summed E-state index contributed by atoms with van der Waals surface area (Å²) < 4.78 is 26.1. The van der Waals surface area contributed by atoms with E-state index in [0.29, 0.717) is 13.1 Å². The quantitative estimate of drug-likeness (QED) is 0.659. The van der Waals surface area contributed by atoms with Crippen molar-refractivity contribution in [2.24, 2.45) is 5.73 Å². The predicted octanol–water partition coefficient (Wildman–Crippen LogP) is 0.705. The lowest BCUT2D eigenvalue weighted by atomic mass is 10.1. The average molecular weight is 297 g/mol. The number of rotatable bonds is 8. The fourth-order valence-electron chi connectivity index (χ4n) is 1.89. The number of nitrogens with two attached hydrogens (primary N) is 1. The van der Waals surface area contributed by atoms with Gasteiger partial charge in [0.05, 0.1) is 5.25 Å². The van der Waals surface area contributed by atoms with Gasteiger partial charge in [-0.1, -0.05) is 24.3 Å². The summed E-state index contributed by atoms with van der Waals surface area (Å²) in [5.41, 5.74) is 7.83. The third-order valence-electron chi connectivity index (χ3n) is 3.47. The van der Waals surface area contributed by atoms with Crippen LogP contribution in [0.4, 0.5) is 0 Å². The number of hydrogen-bond acceptors (Lipinski definition) is 4. The lowest BCUT2D eigenvalue weighted by Crippen LogP contribution is -2.39. The second-order valence-corrected chi connectivity index (χ2v) is 7.44. The molecule has 5 nitrogen and oxygen atoms in total. The second kappa shape index (κ2) is 6.67. The maximum atomic E-state index is 11.7. The van der Waals surface area contributed by atoms with Crippen molar-refractivity contribution in [1.82, 2.24) is 10.0 Å². The van der Waals surface area contributed by atoms with Gasteiger partial charge in [0.1, 0.15) is 0 Å². The Morgan fingerprint density at radius 3 is 2.40 bits per heavy atom. The molecule has 0 saturated heterocycles. The average Bonchev–Trinajstić information content (AvgIpc) is 3.28. The summed E-state index contributed by atoms with van der Waals surface area (Å²) in [5.74, 6) is 0. The molecule has 1 atom stereocenters. The van der Waals surface area contributed by atoms with Gasteiger partial charge >= 0.3 is 0 Å². The van der Waals surface area contributed by atoms with E-state index >= 15 is 0 Å². The van der Waals surface area contributed by atoms with E-state index in [0.717, 1.165) is 24.9 Å². The van der Waals surface area contributed by atoms with Crippen molar-refractivity contribution < 1.29 is 8.42 Å². The summed E-state index contributed by atoms with van der Waals surface area (Å²) in [6.07, 6.45) is 1.59. The first-order valence-electron chi connectivity index (χ1n) is 7.01. The third kappa shape index (κ3) is 4.56. The molecular formula is C14H23N3O2S. The lowest BCUT2D eigenvalue weighted by molar-refractivity contribution is 0.524. The molecule has 0 bridgehead atoms. The van der Waals surface area contributed by atoms with Crippen LogP contribution in [0.2, 0.25) is 0 Å². The standard InChI is InChI=1S/C14H23N3O2S/c1-11(9-17-20(18,19)14-6-7-14)16-10-13-4-2-12(8-15)3-5-13/h2-5,11,14,16-17H,6-10,15H2,1H3/t11-/m1/s1. The van der Waals surface area contributed by atoms with Crippen LogP contribution in [0, 0.1) is 0 Å². The monoisotopic (exact) mass is 297 g/mol. The minimum atomic E-state index is -3.08. The van der Waals surface area contributed by atoms with E-state index in [2.05, 4.69) is 10.0 Å². The van der Waals surface area contributed by atoms with Crippen molar-refractivity contribution in [1.29, 1.82) is 0 Å². The molecule has 0 radical (unpaired) electrons. The molecule has 2 rings (SSSR count). The van der Waals surface area contributed by atoms with Gasteiger partial charge in [-0.2, -0.15) is 0 Å². The molecule has 20 heavy (non-hydrogen) atoms. The number of nitrogens with one attached hydrogen (secondary N) is 2. The van der Waals surface area contributed by atoms with Crippen LogP contribution in [0.1, 0.15) is 30.9 Å². The molecule has 0 heterocycles. The molecular weight excluding hydrogens is 274 g/mol. The molecule has 0 spiro atoms. The van der Waals surface area contributed by atoms with Crippen LogP contribution in [0.5, 0.6) is 0 Å². The van der Waals surface area contributed by atoms with E-state index in [4.69, 9.17) is 5.73 Å². The summed E-state index contributed by atoms with van der Waals surface area (Å²) in [4.78, 5) is 0. The zero-order valence-corrected chi connectivity index (χ0v) is 12.6. The number of benzene rings is 1. The Hall–Kier alpha value is -0.950. The van der Waals surface area contributed by atoms with Crippen LogP contribution < -0.4 is 15.8 Å². The van der Waals surface area contributed by atoms with Crippen molar-refractivity contribution in [2.45, 2.75) is 44.1 Å². The molecule has 1 aliphatic carbocycles. The molecule has 0 unspecified atom stereocenters. The lowest BCUT2D eigenvalue weighted by Gasteiger charge is -2.15. The zero-order valence-electron chi connectivity index (χ0n) is 11.8. The van der Waals surface area contributed by atoms with Gasteiger partial charge in [-0.3, -0.25) is 0 Å². The smallest absolute Gasteiger partial charge is 0.214 e. The van der Waals surface area contributed by atoms with E-state index in [1.54, 1.807) is 0 Å². The highest BCUT2D eigenvalue weighted by molar-refractivity contribution is 7.90. The maximum Gasteiger partial charge on any atom is 0.214 e. The molecule has 1 aliphatic rings. The van der Waals surface area contributed by atoms with Gasteiger partial charge in [-0.05, 0) is 30.9 Å². The largest absolute Gasteiger partial charge is 0.326 e. The third-order valence-corrected chi connectivity index (χ3v) is 5.39. The summed E-state index contributed by atoms with van der Waals surface area (Å²) >= 11 is 0. The molecule has 6 heteroatoms. The van der Waals surface area contributed by atoms with Crippen molar-refractivity contribution in [3.05, 3.63) is 35.4 Å². The maximum absolute atomic E-state index is 11.7. The van der Waals surface area contributed by atoms with Gasteiger partial charge in [0.2, 0.25) is 10.0 Å². The van der Waals surface area contributed by atoms with E-state index in [9.17, 15) is 8.42 Å². The van der Waals surface area contributed by atoms with Crippen LogP contribution in [-0.2, 0) is 23.1 Å². The van der Waals surface area contributed by atoms with Gasteiger partial charge in [0, 0.05) is 25.7 Å². The Balaban J connectivity index is 1.72. The highest BCUT2D eigenvalue weighted by Crippen LogP contribution is 2.27. The molecule has 0 aliphatic heterocycles. The predicted molar refractivity (Wildman–Crippen MR) is 80.6 cm³/mol. The van der Waals surface area contributed by atoms with Gasteiger partial charge in [-0.15, -0.1) is 0 Å². The first kappa shape index (κ1) is 15.4. The Morgan fingerprint density at radius 1 is 1.25 bits per heavy atom. The second-order valence-electron chi connectivity index (χ2n) is 5.40. The number of sulfonamides is 1. The SMILES string of the molecule is C[C@H](CNS(=O)(=O)C1CC1)NCc1ccc(CN)cc1. The summed E-state index contributed by atoms with van der Waals surface area (Å²) in [7, 11) is -3.08. The first-order valence-corrected chi connectivity index (χ1v) is 8.55. The van der Waals surface area contributed by atoms with Crippen molar-refractivity contribution in [3.8, 4) is 0 Å². The molecule has 4 N–H and O–H groups in total. The van der Waals surface area contributed by atoms with Gasteiger partial charge < -0.3 is 11.1 Å². The van der Waals surface area contributed by atoms with E-state index in [1.165, 1.54) is 5.56 Å². The van der Waals surface area contributed by atoms with Crippen LogP contribution in [0.25, 0.3) is 0 Å². The van der Waals surface area contributed by atoms with Crippen molar-refractivity contribution in [3.63, 3.8) is 0 Å². The molecule has 0 aromatic heterocycles.